The zero-order chi connectivity index (χ0) is 21.7. The molecule has 1 heterocycles. The van der Waals surface area contributed by atoms with E-state index in [9.17, 15) is 5.26 Å². The van der Waals surface area contributed by atoms with Gasteiger partial charge in [-0.1, -0.05) is 29.8 Å². The fourth-order valence-electron chi connectivity index (χ4n) is 3.32. The summed E-state index contributed by atoms with van der Waals surface area (Å²) in [5.74, 6) is 0.634. The molecule has 2 aromatic carbocycles. The highest BCUT2D eigenvalue weighted by Crippen LogP contribution is 2.24. The fourth-order valence-corrected chi connectivity index (χ4v) is 3.53. The standard InChI is InChI=1S/C24H27N5S/c1-15-6-9-21(17(3)12-15)28-24(30)27-11-5-10-26-23-20(14-25)13-19-8-7-16(2)18(4)22(19)29-23/h6-9,12-13H,5,10-11H2,1-4H3,(H,26,29)(H2,27,28,30). The van der Waals surface area contributed by atoms with Crippen molar-refractivity contribution in [2.75, 3.05) is 23.7 Å². The van der Waals surface area contributed by atoms with Gasteiger partial charge in [0.25, 0.3) is 0 Å². The molecule has 3 N–H and O–H groups in total. The Bertz CT molecular complexity index is 1130. The molecular weight excluding hydrogens is 390 g/mol. The normalized spacial score (nSPS) is 10.5. The summed E-state index contributed by atoms with van der Waals surface area (Å²) >= 11 is 5.39. The Morgan fingerprint density at radius 3 is 2.57 bits per heavy atom. The lowest BCUT2D eigenvalue weighted by molar-refractivity contribution is 0.807. The number of benzene rings is 2. The van der Waals surface area contributed by atoms with Crippen molar-refractivity contribution in [1.82, 2.24) is 10.3 Å². The summed E-state index contributed by atoms with van der Waals surface area (Å²) in [5, 5.41) is 20.9. The predicted octanol–water partition coefficient (Wildman–Crippen LogP) is 5.13. The number of aromatic nitrogens is 1. The highest BCUT2D eigenvalue weighted by Gasteiger charge is 2.09. The Morgan fingerprint density at radius 2 is 1.83 bits per heavy atom. The number of nitriles is 1. The number of nitrogens with one attached hydrogen (secondary N) is 3. The van der Waals surface area contributed by atoms with Crippen LogP contribution in [0.4, 0.5) is 11.5 Å². The molecule has 0 bridgehead atoms. The minimum atomic E-state index is 0.561. The fraction of sp³-hybridized carbons (Fsp3) is 0.292. The maximum Gasteiger partial charge on any atom is 0.170 e. The van der Waals surface area contributed by atoms with E-state index in [0.29, 0.717) is 23.0 Å². The molecule has 154 valence electrons. The number of hydrogen-bond acceptors (Lipinski definition) is 4. The van der Waals surface area contributed by atoms with Crippen LogP contribution in [0.15, 0.2) is 36.4 Å². The number of nitrogens with zero attached hydrogens (tertiary/aromatic N) is 2. The molecular formula is C24H27N5S. The molecule has 6 heteroatoms. The van der Waals surface area contributed by atoms with Gasteiger partial charge in [-0.2, -0.15) is 5.26 Å². The maximum atomic E-state index is 9.49. The van der Waals surface area contributed by atoms with Gasteiger partial charge in [-0.05, 0) is 75.2 Å². The topological polar surface area (TPSA) is 72.8 Å². The number of anilines is 2. The van der Waals surface area contributed by atoms with Crippen molar-refractivity contribution >= 4 is 39.7 Å². The summed E-state index contributed by atoms with van der Waals surface area (Å²) < 4.78 is 0. The monoisotopic (exact) mass is 417 g/mol. The van der Waals surface area contributed by atoms with Crippen LogP contribution in [-0.2, 0) is 0 Å². The number of thiocarbonyl (C=S) groups is 1. The summed E-state index contributed by atoms with van der Waals surface area (Å²) in [5.41, 5.74) is 7.24. The van der Waals surface area contributed by atoms with E-state index in [0.717, 1.165) is 40.7 Å². The minimum Gasteiger partial charge on any atom is -0.369 e. The molecule has 0 saturated heterocycles. The van der Waals surface area contributed by atoms with Gasteiger partial charge in [-0.3, -0.25) is 0 Å². The summed E-state index contributed by atoms with van der Waals surface area (Å²) in [4.78, 5) is 4.72. The second-order valence-electron chi connectivity index (χ2n) is 7.56. The molecule has 1 aromatic heterocycles. The second kappa shape index (κ2) is 9.55. The molecule has 0 aliphatic rings. The molecule has 0 aliphatic carbocycles. The summed E-state index contributed by atoms with van der Waals surface area (Å²) in [7, 11) is 0. The van der Waals surface area contributed by atoms with Crippen molar-refractivity contribution in [1.29, 1.82) is 5.26 Å². The molecule has 0 spiro atoms. The van der Waals surface area contributed by atoms with Crippen LogP contribution in [0, 0.1) is 39.0 Å². The third-order valence-electron chi connectivity index (χ3n) is 5.19. The second-order valence-corrected chi connectivity index (χ2v) is 7.96. The first-order valence-corrected chi connectivity index (χ1v) is 10.5. The summed E-state index contributed by atoms with van der Waals surface area (Å²) in [6.07, 6.45) is 0.839. The van der Waals surface area contributed by atoms with Crippen molar-refractivity contribution in [2.24, 2.45) is 0 Å². The predicted molar refractivity (Wildman–Crippen MR) is 129 cm³/mol. The van der Waals surface area contributed by atoms with Crippen molar-refractivity contribution < 1.29 is 0 Å². The van der Waals surface area contributed by atoms with Crippen LogP contribution in [0.5, 0.6) is 0 Å². The van der Waals surface area contributed by atoms with Crippen molar-refractivity contribution in [3.05, 3.63) is 64.2 Å². The highest BCUT2D eigenvalue weighted by molar-refractivity contribution is 7.80. The van der Waals surface area contributed by atoms with E-state index < -0.39 is 0 Å². The Labute approximate surface area is 183 Å². The molecule has 3 rings (SSSR count). The SMILES string of the molecule is Cc1ccc(NC(=S)NCCCNc2nc3c(C)c(C)ccc3cc2C#N)c(C)c1. The minimum absolute atomic E-state index is 0.561. The van der Waals surface area contributed by atoms with Gasteiger partial charge in [-0.15, -0.1) is 0 Å². The van der Waals surface area contributed by atoms with Crippen LogP contribution in [0.25, 0.3) is 10.9 Å². The van der Waals surface area contributed by atoms with Crippen LogP contribution in [0.1, 0.15) is 34.2 Å². The first kappa shape index (κ1) is 21.5. The maximum absolute atomic E-state index is 9.49. The van der Waals surface area contributed by atoms with E-state index >= 15 is 0 Å². The van der Waals surface area contributed by atoms with Gasteiger partial charge in [0.2, 0.25) is 0 Å². The van der Waals surface area contributed by atoms with Gasteiger partial charge in [-0.25, -0.2) is 4.98 Å². The molecule has 5 nitrogen and oxygen atoms in total. The lowest BCUT2D eigenvalue weighted by atomic mass is 10.0. The van der Waals surface area contributed by atoms with Gasteiger partial charge in [0, 0.05) is 24.2 Å². The molecule has 0 unspecified atom stereocenters. The lowest BCUT2D eigenvalue weighted by Crippen LogP contribution is -2.30. The van der Waals surface area contributed by atoms with Gasteiger partial charge < -0.3 is 16.0 Å². The number of pyridine rings is 1. The number of hydrogen-bond donors (Lipinski definition) is 3. The number of fused-ring (bicyclic) bond motifs is 1. The third kappa shape index (κ3) is 5.05. The van der Waals surface area contributed by atoms with E-state index in [-0.39, 0.29) is 0 Å². The van der Waals surface area contributed by atoms with E-state index in [4.69, 9.17) is 17.2 Å². The average molecular weight is 418 g/mol. The molecule has 0 amide bonds. The molecule has 0 saturated carbocycles. The van der Waals surface area contributed by atoms with Crippen molar-refractivity contribution in [3.63, 3.8) is 0 Å². The van der Waals surface area contributed by atoms with Crippen LogP contribution in [0.2, 0.25) is 0 Å². The highest BCUT2D eigenvalue weighted by atomic mass is 32.1. The van der Waals surface area contributed by atoms with Gasteiger partial charge in [0.1, 0.15) is 11.9 Å². The van der Waals surface area contributed by atoms with Crippen LogP contribution in [0.3, 0.4) is 0 Å². The van der Waals surface area contributed by atoms with E-state index in [1.54, 1.807) is 0 Å². The smallest absolute Gasteiger partial charge is 0.170 e. The Morgan fingerprint density at radius 1 is 1.03 bits per heavy atom. The van der Waals surface area contributed by atoms with Crippen molar-refractivity contribution in [3.8, 4) is 6.07 Å². The zero-order valence-electron chi connectivity index (χ0n) is 17.9. The molecule has 0 atom stereocenters. The average Bonchev–Trinajstić information content (AvgIpc) is 2.72. The van der Waals surface area contributed by atoms with E-state index in [1.165, 1.54) is 11.1 Å². The Balaban J connectivity index is 1.54. The van der Waals surface area contributed by atoms with E-state index in [1.807, 2.05) is 18.2 Å². The van der Waals surface area contributed by atoms with Crippen molar-refractivity contribution in [2.45, 2.75) is 34.1 Å². The van der Waals surface area contributed by atoms with Gasteiger partial charge >= 0.3 is 0 Å². The largest absolute Gasteiger partial charge is 0.369 e. The lowest BCUT2D eigenvalue weighted by Gasteiger charge is -2.14. The summed E-state index contributed by atoms with van der Waals surface area (Å²) in [6, 6.07) is 14.5. The van der Waals surface area contributed by atoms with E-state index in [2.05, 4.69) is 67.9 Å². The van der Waals surface area contributed by atoms with Gasteiger partial charge in [0.05, 0.1) is 11.1 Å². The first-order chi connectivity index (χ1) is 14.4. The Kier molecular flexibility index (Phi) is 6.86. The molecule has 0 fully saturated rings. The zero-order valence-corrected chi connectivity index (χ0v) is 18.7. The Hall–Kier alpha value is -3.17. The molecule has 3 aromatic rings. The number of rotatable bonds is 6. The van der Waals surface area contributed by atoms with Crippen LogP contribution in [-0.4, -0.2) is 23.2 Å². The quantitative estimate of drug-likeness (QED) is 0.381. The number of aryl methyl sites for hydroxylation is 4. The molecule has 30 heavy (non-hydrogen) atoms. The summed E-state index contributed by atoms with van der Waals surface area (Å²) in [6.45, 7) is 9.69. The van der Waals surface area contributed by atoms with Crippen LogP contribution < -0.4 is 16.0 Å². The van der Waals surface area contributed by atoms with Crippen LogP contribution >= 0.6 is 12.2 Å². The third-order valence-corrected chi connectivity index (χ3v) is 5.44. The molecule has 0 radical (unpaired) electrons. The first-order valence-electron chi connectivity index (χ1n) is 10.1. The van der Waals surface area contributed by atoms with Gasteiger partial charge in [0.15, 0.2) is 5.11 Å². The molecule has 0 aliphatic heterocycles.